The maximum Gasteiger partial charge on any atom is 0.264 e. The third kappa shape index (κ3) is 4.44. The van der Waals surface area contributed by atoms with Crippen LogP contribution in [0.5, 0.6) is 0 Å². The second kappa shape index (κ2) is 8.30. The highest BCUT2D eigenvalue weighted by Gasteiger charge is 2.18. The van der Waals surface area contributed by atoms with Gasteiger partial charge in [0.15, 0.2) is 0 Å². The third-order valence-corrected chi connectivity index (χ3v) is 5.69. The molecule has 0 fully saturated rings. The Morgan fingerprint density at radius 2 is 1.43 bits per heavy atom. The largest absolute Gasteiger partial charge is 0.340 e. The van der Waals surface area contributed by atoms with Crippen LogP contribution >= 0.6 is 0 Å². The SMILES string of the molecule is O=S(=O)(Nc1ccc(Nc2cc(-c3ccccc3)ncn2)cc1)c1ccccc1F. The molecule has 4 aromatic rings. The molecule has 0 unspecified atom stereocenters. The Hall–Kier alpha value is -3.78. The van der Waals surface area contributed by atoms with Crippen molar-refractivity contribution in [3.8, 4) is 11.3 Å². The summed E-state index contributed by atoms with van der Waals surface area (Å²) in [6.07, 6.45) is 1.47. The van der Waals surface area contributed by atoms with Crippen molar-refractivity contribution in [3.05, 3.63) is 97.1 Å². The molecule has 0 saturated heterocycles. The number of nitrogens with zero attached hydrogens (tertiary/aromatic N) is 2. The Morgan fingerprint density at radius 3 is 2.17 bits per heavy atom. The van der Waals surface area contributed by atoms with E-state index in [9.17, 15) is 12.8 Å². The topological polar surface area (TPSA) is 84.0 Å². The Balaban J connectivity index is 1.49. The second-order valence-corrected chi connectivity index (χ2v) is 8.04. The van der Waals surface area contributed by atoms with Gasteiger partial charge in [0.25, 0.3) is 10.0 Å². The number of anilines is 3. The highest BCUT2D eigenvalue weighted by Crippen LogP contribution is 2.23. The number of aromatic nitrogens is 2. The highest BCUT2D eigenvalue weighted by molar-refractivity contribution is 7.92. The quantitative estimate of drug-likeness (QED) is 0.467. The van der Waals surface area contributed by atoms with E-state index in [1.165, 1.54) is 24.5 Å². The summed E-state index contributed by atoms with van der Waals surface area (Å²) in [7, 11) is -4.02. The van der Waals surface area contributed by atoms with Crippen molar-refractivity contribution in [2.24, 2.45) is 0 Å². The van der Waals surface area contributed by atoms with Crippen LogP contribution in [0.3, 0.4) is 0 Å². The lowest BCUT2D eigenvalue weighted by Gasteiger charge is -2.10. The van der Waals surface area contributed by atoms with Gasteiger partial charge in [0, 0.05) is 23.0 Å². The minimum Gasteiger partial charge on any atom is -0.340 e. The van der Waals surface area contributed by atoms with Gasteiger partial charge in [-0.05, 0) is 36.4 Å². The molecule has 0 atom stereocenters. The summed E-state index contributed by atoms with van der Waals surface area (Å²) in [6, 6.07) is 23.3. The molecule has 6 nitrogen and oxygen atoms in total. The van der Waals surface area contributed by atoms with Gasteiger partial charge in [-0.15, -0.1) is 0 Å². The fourth-order valence-corrected chi connectivity index (χ4v) is 3.97. The minimum absolute atomic E-state index is 0.316. The Labute approximate surface area is 173 Å². The maximum absolute atomic E-state index is 13.8. The Bertz CT molecular complexity index is 1260. The van der Waals surface area contributed by atoms with Gasteiger partial charge in [-0.25, -0.2) is 22.8 Å². The number of nitrogens with one attached hydrogen (secondary N) is 2. The number of sulfonamides is 1. The molecule has 4 rings (SSSR count). The van der Waals surface area contributed by atoms with Crippen LogP contribution in [0, 0.1) is 5.82 Å². The summed E-state index contributed by atoms with van der Waals surface area (Å²) < 4.78 is 41.0. The van der Waals surface area contributed by atoms with E-state index in [-0.39, 0.29) is 0 Å². The van der Waals surface area contributed by atoms with Crippen LogP contribution in [-0.2, 0) is 10.0 Å². The summed E-state index contributed by atoms with van der Waals surface area (Å²) >= 11 is 0. The molecule has 0 aliphatic carbocycles. The number of hydrogen-bond donors (Lipinski definition) is 2. The van der Waals surface area contributed by atoms with E-state index in [4.69, 9.17) is 0 Å². The van der Waals surface area contributed by atoms with Gasteiger partial charge in [0.2, 0.25) is 0 Å². The molecule has 0 aliphatic rings. The van der Waals surface area contributed by atoms with Gasteiger partial charge in [0.1, 0.15) is 22.9 Å². The summed E-state index contributed by atoms with van der Waals surface area (Å²) in [6.45, 7) is 0. The molecular weight excluding hydrogens is 403 g/mol. The van der Waals surface area contributed by atoms with Crippen molar-refractivity contribution >= 4 is 27.2 Å². The van der Waals surface area contributed by atoms with Gasteiger partial charge in [-0.1, -0.05) is 42.5 Å². The lowest BCUT2D eigenvalue weighted by atomic mass is 10.1. The molecule has 1 heterocycles. The van der Waals surface area contributed by atoms with Crippen molar-refractivity contribution < 1.29 is 12.8 Å². The molecule has 2 N–H and O–H groups in total. The van der Waals surface area contributed by atoms with Crippen molar-refractivity contribution in [3.63, 3.8) is 0 Å². The van der Waals surface area contributed by atoms with Crippen molar-refractivity contribution in [1.29, 1.82) is 0 Å². The molecule has 8 heteroatoms. The van der Waals surface area contributed by atoms with E-state index in [1.54, 1.807) is 24.3 Å². The molecule has 0 bridgehead atoms. The van der Waals surface area contributed by atoms with Crippen LogP contribution < -0.4 is 10.0 Å². The molecule has 0 aliphatic heterocycles. The van der Waals surface area contributed by atoms with Gasteiger partial charge >= 0.3 is 0 Å². The number of halogens is 1. The summed E-state index contributed by atoms with van der Waals surface area (Å²) in [5.41, 5.74) is 2.78. The standard InChI is InChI=1S/C22H17FN4O2S/c23-19-8-4-5-9-21(19)30(28,29)27-18-12-10-17(11-13-18)26-22-14-20(24-15-25-22)16-6-2-1-3-7-16/h1-15,27H,(H,24,25,26). The summed E-state index contributed by atoms with van der Waals surface area (Å²) in [5, 5.41) is 3.16. The first kappa shape index (κ1) is 19.5. The molecule has 0 saturated carbocycles. The normalized spacial score (nSPS) is 11.1. The summed E-state index contributed by atoms with van der Waals surface area (Å²) in [4.78, 5) is 8.10. The average Bonchev–Trinajstić information content (AvgIpc) is 2.76. The van der Waals surface area contributed by atoms with E-state index < -0.39 is 20.7 Å². The molecule has 3 aromatic carbocycles. The lowest BCUT2D eigenvalue weighted by Crippen LogP contribution is -2.14. The number of benzene rings is 3. The first-order valence-corrected chi connectivity index (χ1v) is 10.5. The van der Waals surface area contributed by atoms with Crippen molar-refractivity contribution in [1.82, 2.24) is 9.97 Å². The zero-order valence-corrected chi connectivity index (χ0v) is 16.5. The number of rotatable bonds is 6. The maximum atomic E-state index is 13.8. The Morgan fingerprint density at radius 1 is 0.767 bits per heavy atom. The van der Waals surface area contributed by atoms with E-state index in [2.05, 4.69) is 20.0 Å². The van der Waals surface area contributed by atoms with Gasteiger partial charge in [-0.2, -0.15) is 0 Å². The predicted molar refractivity (Wildman–Crippen MR) is 114 cm³/mol. The fourth-order valence-electron chi connectivity index (χ4n) is 2.83. The zero-order valence-electron chi connectivity index (χ0n) is 15.7. The highest BCUT2D eigenvalue weighted by atomic mass is 32.2. The summed E-state index contributed by atoms with van der Waals surface area (Å²) in [5.74, 6) is -0.204. The predicted octanol–water partition coefficient (Wildman–Crippen LogP) is 4.83. The molecular formula is C22H17FN4O2S. The van der Waals surface area contributed by atoms with Gasteiger partial charge in [-0.3, -0.25) is 4.72 Å². The second-order valence-electron chi connectivity index (χ2n) is 6.39. The van der Waals surface area contributed by atoms with Gasteiger partial charge in [0.05, 0.1) is 5.69 Å². The Kier molecular flexibility index (Phi) is 5.40. The average molecular weight is 420 g/mol. The first-order valence-electron chi connectivity index (χ1n) is 9.03. The van der Waals surface area contributed by atoms with E-state index in [1.807, 2.05) is 36.4 Å². The van der Waals surface area contributed by atoms with Gasteiger partial charge < -0.3 is 5.32 Å². The van der Waals surface area contributed by atoms with Crippen LogP contribution in [0.4, 0.5) is 21.6 Å². The smallest absolute Gasteiger partial charge is 0.264 e. The molecule has 1 aromatic heterocycles. The van der Waals surface area contributed by atoms with Crippen molar-refractivity contribution in [2.45, 2.75) is 4.90 Å². The van der Waals surface area contributed by atoms with E-state index in [0.29, 0.717) is 17.2 Å². The minimum atomic E-state index is -4.02. The molecule has 0 radical (unpaired) electrons. The van der Waals surface area contributed by atoms with Crippen molar-refractivity contribution in [2.75, 3.05) is 10.0 Å². The zero-order chi connectivity index (χ0) is 21.0. The van der Waals surface area contributed by atoms with Crippen LogP contribution in [0.1, 0.15) is 0 Å². The fraction of sp³-hybridized carbons (Fsp3) is 0. The van der Waals surface area contributed by atoms with Crippen LogP contribution in [0.25, 0.3) is 11.3 Å². The first-order chi connectivity index (χ1) is 14.5. The van der Waals surface area contributed by atoms with Crippen LogP contribution in [0.2, 0.25) is 0 Å². The molecule has 150 valence electrons. The molecule has 0 amide bonds. The van der Waals surface area contributed by atoms with Crippen LogP contribution in [0.15, 0.2) is 96.2 Å². The molecule has 0 spiro atoms. The lowest BCUT2D eigenvalue weighted by molar-refractivity contribution is 0.570. The van der Waals surface area contributed by atoms with E-state index in [0.717, 1.165) is 17.3 Å². The third-order valence-electron chi connectivity index (χ3n) is 4.27. The van der Waals surface area contributed by atoms with E-state index >= 15 is 0 Å². The monoisotopic (exact) mass is 420 g/mol. The number of hydrogen-bond acceptors (Lipinski definition) is 5. The van der Waals surface area contributed by atoms with Crippen LogP contribution in [-0.4, -0.2) is 18.4 Å². The molecule has 30 heavy (non-hydrogen) atoms.